The maximum absolute atomic E-state index is 5.63. The van der Waals surface area contributed by atoms with Crippen molar-refractivity contribution in [1.82, 2.24) is 40.7 Å². The summed E-state index contributed by atoms with van der Waals surface area (Å²) in [4.78, 5) is 11.3. The maximum atomic E-state index is 5.63. The summed E-state index contributed by atoms with van der Waals surface area (Å²) in [6.07, 6.45) is 1.04. The number of ether oxygens (including phenoxy) is 1. The van der Waals surface area contributed by atoms with Crippen molar-refractivity contribution >= 4 is 23.5 Å². The van der Waals surface area contributed by atoms with Crippen molar-refractivity contribution in [2.75, 3.05) is 30.5 Å². The number of morpholine rings is 1. The molecular formula is C9H11ClN10O. The molecule has 1 atom stereocenters. The maximum Gasteiger partial charge on any atom is 0.280 e. The number of nitrogens with zero attached hydrogens (tertiary/aromatic N) is 7. The van der Waals surface area contributed by atoms with Gasteiger partial charge in [0.25, 0.3) is 5.95 Å². The fourth-order valence-corrected chi connectivity index (χ4v) is 1.72. The number of hydrazine groups is 1. The van der Waals surface area contributed by atoms with Crippen LogP contribution in [-0.2, 0) is 4.74 Å². The van der Waals surface area contributed by atoms with Gasteiger partial charge in [-0.3, -0.25) is 10.9 Å². The average molecular weight is 311 g/mol. The fraction of sp³-hybridized carbons (Fsp3) is 0.444. The third kappa shape index (κ3) is 3.65. The van der Waals surface area contributed by atoms with E-state index in [4.69, 9.17) is 16.3 Å². The summed E-state index contributed by atoms with van der Waals surface area (Å²) in [5.74, 6) is 0.817. The molecule has 3 heterocycles. The van der Waals surface area contributed by atoms with Crippen molar-refractivity contribution < 1.29 is 4.74 Å². The van der Waals surface area contributed by atoms with Gasteiger partial charge in [0.2, 0.25) is 17.1 Å². The highest BCUT2D eigenvalue weighted by Gasteiger charge is 2.19. The average Bonchev–Trinajstić information content (AvgIpc) is 2.54. The van der Waals surface area contributed by atoms with Crippen LogP contribution in [0.3, 0.4) is 0 Å². The van der Waals surface area contributed by atoms with E-state index in [9.17, 15) is 0 Å². The van der Waals surface area contributed by atoms with Gasteiger partial charge in [0, 0.05) is 13.1 Å². The second-order valence-corrected chi connectivity index (χ2v) is 4.31. The van der Waals surface area contributed by atoms with Gasteiger partial charge in [-0.2, -0.15) is 9.97 Å². The molecule has 0 spiro atoms. The molecule has 0 bridgehead atoms. The Bertz CT molecular complexity index is 589. The fourth-order valence-electron chi connectivity index (χ4n) is 1.60. The molecule has 1 saturated heterocycles. The molecule has 3 N–H and O–H groups in total. The number of hydrogen-bond donors (Lipinski definition) is 3. The molecule has 12 heteroatoms. The number of nitrogens with one attached hydrogen (secondary N) is 3. The second-order valence-electron chi connectivity index (χ2n) is 3.97. The Hall–Kier alpha value is -2.24. The Labute approximate surface area is 123 Å². The van der Waals surface area contributed by atoms with Crippen LogP contribution in [0.2, 0.25) is 5.28 Å². The van der Waals surface area contributed by atoms with E-state index in [1.54, 1.807) is 0 Å². The van der Waals surface area contributed by atoms with E-state index in [2.05, 4.69) is 51.5 Å². The molecule has 110 valence electrons. The zero-order chi connectivity index (χ0) is 14.5. The molecule has 21 heavy (non-hydrogen) atoms. The molecule has 0 radical (unpaired) electrons. The Morgan fingerprint density at radius 2 is 1.95 bits per heavy atom. The van der Waals surface area contributed by atoms with E-state index in [0.717, 1.165) is 6.54 Å². The Morgan fingerprint density at radius 1 is 1.14 bits per heavy atom. The van der Waals surface area contributed by atoms with Crippen LogP contribution < -0.4 is 16.2 Å². The van der Waals surface area contributed by atoms with E-state index in [-0.39, 0.29) is 23.3 Å². The first kappa shape index (κ1) is 13.7. The lowest BCUT2D eigenvalue weighted by atomic mass is 10.3. The van der Waals surface area contributed by atoms with Gasteiger partial charge in [0.05, 0.1) is 6.61 Å². The van der Waals surface area contributed by atoms with Gasteiger partial charge in [-0.15, -0.1) is 20.4 Å². The summed E-state index contributed by atoms with van der Waals surface area (Å²) in [5, 5.41) is 18.9. The number of rotatable bonds is 4. The van der Waals surface area contributed by atoms with E-state index in [1.165, 1.54) is 6.33 Å². The summed E-state index contributed by atoms with van der Waals surface area (Å²) < 4.78 is 5.50. The molecule has 1 aliphatic rings. The van der Waals surface area contributed by atoms with Crippen molar-refractivity contribution in [1.29, 1.82) is 0 Å². The molecule has 2 aromatic rings. The quantitative estimate of drug-likeness (QED) is 0.612. The first-order valence-electron chi connectivity index (χ1n) is 6.07. The largest absolute Gasteiger partial charge is 0.367 e. The molecule has 0 amide bonds. The molecule has 0 aromatic carbocycles. The van der Waals surface area contributed by atoms with Gasteiger partial charge in [0.1, 0.15) is 12.4 Å². The Morgan fingerprint density at radius 3 is 2.67 bits per heavy atom. The zero-order valence-electron chi connectivity index (χ0n) is 10.7. The highest BCUT2D eigenvalue weighted by atomic mass is 35.5. The summed E-state index contributed by atoms with van der Waals surface area (Å²) in [6.45, 7) is 2.06. The summed E-state index contributed by atoms with van der Waals surface area (Å²) in [5.41, 5.74) is 5.31. The first-order valence-corrected chi connectivity index (χ1v) is 6.45. The lowest BCUT2D eigenvalue weighted by molar-refractivity contribution is 0.0208. The molecule has 11 nitrogen and oxygen atoms in total. The van der Waals surface area contributed by atoms with Crippen LogP contribution in [0.25, 0.3) is 0 Å². The van der Waals surface area contributed by atoms with Gasteiger partial charge < -0.3 is 10.1 Å². The minimum atomic E-state index is -0.233. The van der Waals surface area contributed by atoms with Crippen molar-refractivity contribution in [3.8, 4) is 0 Å². The van der Waals surface area contributed by atoms with Crippen LogP contribution in [0, 0.1) is 0 Å². The highest BCUT2D eigenvalue weighted by Crippen LogP contribution is 2.12. The van der Waals surface area contributed by atoms with E-state index >= 15 is 0 Å². The second kappa shape index (κ2) is 6.47. The van der Waals surface area contributed by atoms with Crippen LogP contribution in [0.1, 0.15) is 11.9 Å². The third-order valence-corrected chi connectivity index (χ3v) is 2.72. The SMILES string of the molecule is Clc1ncnc(NNc2nnc(C3CNCCO3)nn2)n1. The summed E-state index contributed by atoms with van der Waals surface area (Å²) in [7, 11) is 0. The molecule has 3 rings (SSSR count). The van der Waals surface area contributed by atoms with Crippen LogP contribution in [0.15, 0.2) is 6.33 Å². The normalized spacial score (nSPS) is 18.2. The lowest BCUT2D eigenvalue weighted by Crippen LogP contribution is -2.34. The minimum absolute atomic E-state index is 0.0729. The van der Waals surface area contributed by atoms with Gasteiger partial charge in [0.15, 0.2) is 0 Å². The minimum Gasteiger partial charge on any atom is -0.367 e. The van der Waals surface area contributed by atoms with E-state index < -0.39 is 0 Å². The summed E-state index contributed by atoms with van der Waals surface area (Å²) in [6, 6.07) is 0. The Balaban J connectivity index is 1.59. The van der Waals surface area contributed by atoms with Crippen LogP contribution in [-0.4, -0.2) is 55.0 Å². The lowest BCUT2D eigenvalue weighted by Gasteiger charge is -2.21. The van der Waals surface area contributed by atoms with Gasteiger partial charge in [-0.05, 0) is 11.6 Å². The standard InChI is InChI=1S/C9H11ClN10O/c10-7-12-4-13-8(14-7)17-20-9-18-15-6(16-19-9)5-3-11-1-2-21-5/h4-5,11H,1-3H2,(H,18,19,20)(H,12,13,14,17). The van der Waals surface area contributed by atoms with Crippen LogP contribution in [0.4, 0.5) is 11.9 Å². The van der Waals surface area contributed by atoms with Crippen molar-refractivity contribution in [2.24, 2.45) is 0 Å². The highest BCUT2D eigenvalue weighted by molar-refractivity contribution is 6.28. The van der Waals surface area contributed by atoms with Gasteiger partial charge in [-0.1, -0.05) is 0 Å². The molecular weight excluding hydrogens is 300 g/mol. The molecule has 1 unspecified atom stereocenters. The molecule has 1 fully saturated rings. The number of halogens is 1. The molecule has 0 saturated carbocycles. The van der Waals surface area contributed by atoms with E-state index in [1.807, 2.05) is 0 Å². The van der Waals surface area contributed by atoms with Crippen molar-refractivity contribution in [2.45, 2.75) is 6.10 Å². The first-order chi connectivity index (χ1) is 10.3. The molecule has 2 aromatic heterocycles. The van der Waals surface area contributed by atoms with E-state index in [0.29, 0.717) is 19.0 Å². The monoisotopic (exact) mass is 310 g/mol. The van der Waals surface area contributed by atoms with Crippen molar-refractivity contribution in [3.05, 3.63) is 17.4 Å². The number of anilines is 2. The topological polar surface area (TPSA) is 136 Å². The summed E-state index contributed by atoms with van der Waals surface area (Å²) >= 11 is 5.63. The molecule has 0 aliphatic carbocycles. The molecule has 1 aliphatic heterocycles. The van der Waals surface area contributed by atoms with Crippen LogP contribution >= 0.6 is 11.6 Å². The number of aromatic nitrogens is 7. The number of hydrogen-bond acceptors (Lipinski definition) is 11. The van der Waals surface area contributed by atoms with Gasteiger partial charge >= 0.3 is 0 Å². The zero-order valence-corrected chi connectivity index (χ0v) is 11.4. The Kier molecular flexibility index (Phi) is 4.23. The smallest absolute Gasteiger partial charge is 0.280 e. The van der Waals surface area contributed by atoms with Crippen molar-refractivity contribution in [3.63, 3.8) is 0 Å². The van der Waals surface area contributed by atoms with Gasteiger partial charge in [-0.25, -0.2) is 4.98 Å². The predicted octanol–water partition coefficient (Wildman–Crippen LogP) is -0.795. The van der Waals surface area contributed by atoms with Crippen LogP contribution in [0.5, 0.6) is 0 Å². The third-order valence-electron chi connectivity index (χ3n) is 2.54. The predicted molar refractivity (Wildman–Crippen MR) is 71.3 cm³/mol.